The molecule has 0 bridgehead atoms. The van der Waals surface area contributed by atoms with Crippen molar-refractivity contribution in [2.75, 3.05) is 13.2 Å². The predicted octanol–water partition coefficient (Wildman–Crippen LogP) is 2.18. The molecule has 0 spiro atoms. The number of nitrogens with one attached hydrogen (secondary N) is 1. The molecule has 130 valence electrons. The zero-order valence-corrected chi connectivity index (χ0v) is 14.6. The molecular formula is C16H25NO5S. The number of benzene rings is 1. The average Bonchev–Trinajstić information content (AvgIpc) is 2.47. The van der Waals surface area contributed by atoms with E-state index in [9.17, 15) is 13.2 Å². The normalized spacial score (nSPS) is 21.0. The molecule has 1 aliphatic heterocycles. The molecule has 0 unspecified atom stereocenters. The highest BCUT2D eigenvalue weighted by Gasteiger charge is 2.25. The molecule has 0 aliphatic carbocycles. The molecule has 1 aromatic carbocycles. The van der Waals surface area contributed by atoms with Crippen molar-refractivity contribution < 1.29 is 22.5 Å². The summed E-state index contributed by atoms with van der Waals surface area (Å²) in [6.45, 7) is 7.26. The first-order chi connectivity index (χ1) is 10.7. The van der Waals surface area contributed by atoms with E-state index in [0.29, 0.717) is 12.5 Å². The fourth-order valence-corrected chi connectivity index (χ4v) is 2.72. The van der Waals surface area contributed by atoms with Gasteiger partial charge in [-0.15, -0.1) is 0 Å². The van der Waals surface area contributed by atoms with Crippen molar-refractivity contribution in [3.63, 3.8) is 0 Å². The minimum atomic E-state index is -4.02. The van der Waals surface area contributed by atoms with Crippen LogP contribution in [0.25, 0.3) is 0 Å². The first-order valence-electron chi connectivity index (χ1n) is 7.68. The second-order valence-electron chi connectivity index (χ2n) is 5.68. The highest BCUT2D eigenvalue weighted by molar-refractivity contribution is 7.85. The van der Waals surface area contributed by atoms with Crippen LogP contribution in [-0.4, -0.2) is 38.1 Å². The topological polar surface area (TPSA) is 92.7 Å². The number of esters is 1. The van der Waals surface area contributed by atoms with Crippen LogP contribution in [0.2, 0.25) is 0 Å². The van der Waals surface area contributed by atoms with E-state index in [1.54, 1.807) is 12.1 Å². The Hall–Kier alpha value is -1.44. The highest BCUT2D eigenvalue weighted by Crippen LogP contribution is 2.15. The van der Waals surface area contributed by atoms with Crippen LogP contribution >= 0.6 is 0 Å². The lowest BCUT2D eigenvalue weighted by molar-refractivity contribution is -0.146. The van der Waals surface area contributed by atoms with Crippen molar-refractivity contribution >= 4 is 16.1 Å². The van der Waals surface area contributed by atoms with Gasteiger partial charge in [-0.05, 0) is 51.3 Å². The molecule has 1 saturated heterocycles. The van der Waals surface area contributed by atoms with E-state index in [0.717, 1.165) is 24.9 Å². The van der Waals surface area contributed by atoms with Gasteiger partial charge in [0.1, 0.15) is 6.04 Å². The van der Waals surface area contributed by atoms with Crippen molar-refractivity contribution in [3.05, 3.63) is 29.8 Å². The first-order valence-corrected chi connectivity index (χ1v) is 9.12. The summed E-state index contributed by atoms with van der Waals surface area (Å²) in [7, 11) is -4.02. The molecule has 1 heterocycles. The maximum absolute atomic E-state index is 11.3. The average molecular weight is 343 g/mol. The number of ether oxygens (including phenoxy) is 1. The zero-order valence-electron chi connectivity index (χ0n) is 13.8. The SMILES string of the molecule is CCOC(=O)[C@H]1C[C@H](C)CCN1.Cc1ccc(S(=O)(=O)O)cc1. The monoisotopic (exact) mass is 343 g/mol. The number of aryl methyl sites for hydroxylation is 1. The second-order valence-corrected chi connectivity index (χ2v) is 7.10. The largest absolute Gasteiger partial charge is 0.465 e. The van der Waals surface area contributed by atoms with E-state index in [4.69, 9.17) is 9.29 Å². The van der Waals surface area contributed by atoms with Gasteiger partial charge in [-0.25, -0.2) is 0 Å². The lowest BCUT2D eigenvalue weighted by Crippen LogP contribution is -2.43. The van der Waals surface area contributed by atoms with E-state index in [2.05, 4.69) is 12.2 Å². The Morgan fingerprint density at radius 2 is 1.96 bits per heavy atom. The van der Waals surface area contributed by atoms with Crippen LogP contribution < -0.4 is 5.32 Å². The van der Waals surface area contributed by atoms with Crippen molar-refractivity contribution in [1.82, 2.24) is 5.32 Å². The number of carbonyl (C=O) groups excluding carboxylic acids is 1. The number of piperidine rings is 1. The Kier molecular flexibility index (Phi) is 7.67. The van der Waals surface area contributed by atoms with E-state index in [-0.39, 0.29) is 16.9 Å². The molecule has 23 heavy (non-hydrogen) atoms. The summed E-state index contributed by atoms with van der Waals surface area (Å²) in [5.41, 5.74) is 0.956. The summed E-state index contributed by atoms with van der Waals surface area (Å²) in [5, 5.41) is 3.16. The molecule has 1 aromatic rings. The Morgan fingerprint density at radius 3 is 2.43 bits per heavy atom. The van der Waals surface area contributed by atoms with Crippen LogP contribution in [0.5, 0.6) is 0 Å². The summed E-state index contributed by atoms with van der Waals surface area (Å²) in [6, 6.07) is 5.93. The molecule has 1 aliphatic rings. The van der Waals surface area contributed by atoms with Gasteiger partial charge >= 0.3 is 5.97 Å². The minimum absolute atomic E-state index is 0.0614. The van der Waals surface area contributed by atoms with Gasteiger partial charge in [0, 0.05) is 0 Å². The molecule has 7 heteroatoms. The van der Waals surface area contributed by atoms with Crippen molar-refractivity contribution in [2.45, 2.75) is 44.6 Å². The van der Waals surface area contributed by atoms with E-state index >= 15 is 0 Å². The Bertz CT molecular complexity index is 597. The fraction of sp³-hybridized carbons (Fsp3) is 0.562. The molecule has 0 saturated carbocycles. The van der Waals surface area contributed by atoms with Gasteiger partial charge in [0.15, 0.2) is 0 Å². The van der Waals surface area contributed by atoms with Gasteiger partial charge in [0.25, 0.3) is 10.1 Å². The summed E-state index contributed by atoms with van der Waals surface area (Å²) < 4.78 is 34.5. The summed E-state index contributed by atoms with van der Waals surface area (Å²) in [5.74, 6) is 0.546. The molecule has 1 fully saturated rings. The fourth-order valence-electron chi connectivity index (χ4n) is 2.24. The van der Waals surface area contributed by atoms with Crippen LogP contribution in [-0.2, 0) is 19.6 Å². The van der Waals surface area contributed by atoms with Crippen molar-refractivity contribution in [1.29, 1.82) is 0 Å². The van der Waals surface area contributed by atoms with Crippen molar-refractivity contribution in [2.24, 2.45) is 5.92 Å². The van der Waals surface area contributed by atoms with E-state index < -0.39 is 10.1 Å². The maximum Gasteiger partial charge on any atom is 0.323 e. The van der Waals surface area contributed by atoms with Crippen LogP contribution in [0, 0.1) is 12.8 Å². The second kappa shape index (κ2) is 9.00. The zero-order chi connectivity index (χ0) is 17.5. The van der Waals surface area contributed by atoms with Crippen molar-refractivity contribution in [3.8, 4) is 0 Å². The number of rotatable bonds is 3. The first kappa shape index (κ1) is 19.6. The van der Waals surface area contributed by atoms with Gasteiger partial charge in [-0.1, -0.05) is 24.6 Å². The van der Waals surface area contributed by atoms with Crippen LogP contribution in [0.15, 0.2) is 29.2 Å². The third kappa shape index (κ3) is 7.11. The lowest BCUT2D eigenvalue weighted by atomic mass is 9.94. The lowest BCUT2D eigenvalue weighted by Gasteiger charge is -2.26. The smallest absolute Gasteiger partial charge is 0.323 e. The predicted molar refractivity (Wildman–Crippen MR) is 87.8 cm³/mol. The molecule has 0 amide bonds. The van der Waals surface area contributed by atoms with Crippen LogP contribution in [0.4, 0.5) is 0 Å². The molecule has 2 N–H and O–H groups in total. The molecule has 2 atom stereocenters. The summed E-state index contributed by atoms with van der Waals surface area (Å²) >= 11 is 0. The van der Waals surface area contributed by atoms with Gasteiger partial charge < -0.3 is 10.1 Å². The summed E-state index contributed by atoms with van der Waals surface area (Å²) in [6.07, 6.45) is 2.08. The van der Waals surface area contributed by atoms with E-state index in [1.807, 2.05) is 13.8 Å². The van der Waals surface area contributed by atoms with Gasteiger partial charge in [0.2, 0.25) is 0 Å². The Morgan fingerprint density at radius 1 is 1.35 bits per heavy atom. The third-order valence-electron chi connectivity index (χ3n) is 3.56. The molecule has 0 radical (unpaired) electrons. The number of hydrogen-bond acceptors (Lipinski definition) is 5. The number of hydrogen-bond donors (Lipinski definition) is 2. The van der Waals surface area contributed by atoms with Gasteiger partial charge in [0.05, 0.1) is 11.5 Å². The number of carbonyl (C=O) groups is 1. The molecular weight excluding hydrogens is 318 g/mol. The van der Waals surface area contributed by atoms with Gasteiger partial charge in [-0.2, -0.15) is 8.42 Å². The summed E-state index contributed by atoms with van der Waals surface area (Å²) in [4.78, 5) is 11.2. The maximum atomic E-state index is 11.3. The van der Waals surface area contributed by atoms with Crippen LogP contribution in [0.3, 0.4) is 0 Å². The van der Waals surface area contributed by atoms with Gasteiger partial charge in [-0.3, -0.25) is 9.35 Å². The molecule has 0 aromatic heterocycles. The highest BCUT2D eigenvalue weighted by atomic mass is 32.2. The molecule has 2 rings (SSSR count). The molecule has 6 nitrogen and oxygen atoms in total. The van der Waals surface area contributed by atoms with E-state index in [1.165, 1.54) is 12.1 Å². The van der Waals surface area contributed by atoms with Crippen LogP contribution in [0.1, 0.15) is 32.3 Å². The quantitative estimate of drug-likeness (QED) is 0.645. The minimum Gasteiger partial charge on any atom is -0.465 e. The standard InChI is InChI=1S/C9H17NO2.C7H8O3S/c1-3-12-9(11)8-6-7(2)4-5-10-8;1-6-2-4-7(5-3-6)11(8,9)10/h7-8,10H,3-6H2,1-2H3;2-5H,1H3,(H,8,9,10)/t7-,8-;/m1./s1. The Labute approximate surface area is 138 Å². The third-order valence-corrected chi connectivity index (χ3v) is 4.42. The Balaban J connectivity index is 0.000000231.